The number of hydrogen-bond donors (Lipinski definition) is 0. The minimum Gasteiger partial charge on any atom is -0.349 e. The number of carbonyl (C=O) groups excluding carboxylic acids is 2. The molecule has 0 saturated heterocycles. The van der Waals surface area contributed by atoms with Crippen molar-refractivity contribution in [2.24, 2.45) is 11.8 Å². The molecule has 0 amide bonds. The van der Waals surface area contributed by atoms with Gasteiger partial charge in [0.1, 0.15) is 5.78 Å². The molecule has 86 valence electrons. The van der Waals surface area contributed by atoms with Crippen LogP contribution in [0.5, 0.6) is 0 Å². The first-order chi connectivity index (χ1) is 7.11. The third kappa shape index (κ3) is 2.63. The molecule has 0 spiro atoms. The van der Waals surface area contributed by atoms with Crippen LogP contribution in [-0.2, 0) is 19.1 Å². The minimum absolute atomic E-state index is 0.0327. The molecule has 1 saturated carbocycles. The van der Waals surface area contributed by atoms with Gasteiger partial charge in [0.15, 0.2) is 5.78 Å². The van der Waals surface area contributed by atoms with Gasteiger partial charge in [0.2, 0.25) is 6.29 Å². The van der Waals surface area contributed by atoms with Crippen molar-refractivity contribution in [3.63, 3.8) is 0 Å². The molecule has 1 unspecified atom stereocenters. The van der Waals surface area contributed by atoms with E-state index in [9.17, 15) is 9.59 Å². The SMILES string of the molecule is COC(OC)C(=O)C(C)C(=O)C1CCC1. The van der Waals surface area contributed by atoms with E-state index in [1.807, 2.05) is 0 Å². The maximum Gasteiger partial charge on any atom is 0.218 e. The van der Waals surface area contributed by atoms with Crippen LogP contribution in [0.3, 0.4) is 0 Å². The van der Waals surface area contributed by atoms with E-state index in [1.54, 1.807) is 6.92 Å². The van der Waals surface area contributed by atoms with Crippen molar-refractivity contribution in [2.45, 2.75) is 32.5 Å². The normalized spacial score (nSPS) is 18.7. The summed E-state index contributed by atoms with van der Waals surface area (Å²) in [7, 11) is 2.79. The maximum atomic E-state index is 11.8. The molecule has 0 heterocycles. The van der Waals surface area contributed by atoms with E-state index in [4.69, 9.17) is 9.47 Å². The molecule has 0 N–H and O–H groups in total. The van der Waals surface area contributed by atoms with Crippen molar-refractivity contribution in [3.05, 3.63) is 0 Å². The van der Waals surface area contributed by atoms with Gasteiger partial charge in [-0.25, -0.2) is 0 Å². The van der Waals surface area contributed by atoms with Crippen LogP contribution in [0.1, 0.15) is 26.2 Å². The number of hydrogen-bond acceptors (Lipinski definition) is 4. The van der Waals surface area contributed by atoms with Crippen molar-refractivity contribution in [1.29, 1.82) is 0 Å². The van der Waals surface area contributed by atoms with E-state index >= 15 is 0 Å². The zero-order chi connectivity index (χ0) is 11.4. The number of ketones is 2. The molecule has 1 atom stereocenters. The topological polar surface area (TPSA) is 52.6 Å². The van der Waals surface area contributed by atoms with Gasteiger partial charge in [-0.05, 0) is 19.8 Å². The minimum atomic E-state index is -0.913. The van der Waals surface area contributed by atoms with Crippen LogP contribution in [0.4, 0.5) is 0 Å². The number of rotatable bonds is 6. The Morgan fingerprint density at radius 2 is 1.73 bits per heavy atom. The fraction of sp³-hybridized carbons (Fsp3) is 0.818. The Balaban J connectivity index is 2.54. The van der Waals surface area contributed by atoms with Gasteiger partial charge in [0.05, 0.1) is 5.92 Å². The molecule has 0 aromatic carbocycles. The molecule has 4 heteroatoms. The average Bonchev–Trinajstić information content (AvgIpc) is 2.15. The summed E-state index contributed by atoms with van der Waals surface area (Å²) in [6.45, 7) is 1.63. The predicted octanol–water partition coefficient (Wildman–Crippen LogP) is 1.18. The molecule has 1 aliphatic rings. The Bertz CT molecular complexity index is 241. The molecule has 0 radical (unpaired) electrons. The largest absolute Gasteiger partial charge is 0.349 e. The average molecular weight is 214 g/mol. The summed E-state index contributed by atoms with van der Waals surface area (Å²) < 4.78 is 9.68. The molecular formula is C11H18O4. The lowest BCUT2D eigenvalue weighted by Crippen LogP contribution is -2.38. The van der Waals surface area contributed by atoms with E-state index in [2.05, 4.69) is 0 Å². The maximum absolute atomic E-state index is 11.8. The molecule has 0 aromatic heterocycles. The van der Waals surface area contributed by atoms with Crippen LogP contribution in [0.2, 0.25) is 0 Å². The van der Waals surface area contributed by atoms with Crippen LogP contribution < -0.4 is 0 Å². The number of Topliss-reactive ketones (excluding diaryl/α,β-unsaturated/α-hetero) is 2. The van der Waals surface area contributed by atoms with E-state index in [-0.39, 0.29) is 17.5 Å². The smallest absolute Gasteiger partial charge is 0.218 e. The summed E-state index contributed by atoms with van der Waals surface area (Å²) in [6, 6.07) is 0. The van der Waals surface area contributed by atoms with Crippen LogP contribution in [0.15, 0.2) is 0 Å². The highest BCUT2D eigenvalue weighted by Crippen LogP contribution is 2.30. The Morgan fingerprint density at radius 1 is 1.20 bits per heavy atom. The van der Waals surface area contributed by atoms with Crippen molar-refractivity contribution in [1.82, 2.24) is 0 Å². The van der Waals surface area contributed by atoms with Gasteiger partial charge < -0.3 is 9.47 Å². The molecule has 0 bridgehead atoms. The molecule has 1 rings (SSSR count). The lowest BCUT2D eigenvalue weighted by molar-refractivity contribution is -0.163. The lowest BCUT2D eigenvalue weighted by Gasteiger charge is -2.27. The molecule has 15 heavy (non-hydrogen) atoms. The zero-order valence-electron chi connectivity index (χ0n) is 9.49. The summed E-state index contributed by atoms with van der Waals surface area (Å²) in [5.41, 5.74) is 0. The van der Waals surface area contributed by atoms with Gasteiger partial charge in [-0.1, -0.05) is 6.42 Å². The fourth-order valence-electron chi connectivity index (χ4n) is 1.72. The third-order valence-corrected chi connectivity index (χ3v) is 3.02. The second kappa shape index (κ2) is 5.37. The van der Waals surface area contributed by atoms with Crippen molar-refractivity contribution in [2.75, 3.05) is 14.2 Å². The highest BCUT2D eigenvalue weighted by Gasteiger charge is 2.35. The Kier molecular flexibility index (Phi) is 4.42. The van der Waals surface area contributed by atoms with Gasteiger partial charge in [0.25, 0.3) is 0 Å². The second-order valence-electron chi connectivity index (χ2n) is 3.96. The van der Waals surface area contributed by atoms with Crippen molar-refractivity contribution < 1.29 is 19.1 Å². The van der Waals surface area contributed by atoms with Crippen LogP contribution in [0.25, 0.3) is 0 Å². The third-order valence-electron chi connectivity index (χ3n) is 3.02. The molecule has 1 fully saturated rings. The lowest BCUT2D eigenvalue weighted by atomic mass is 9.77. The quantitative estimate of drug-likeness (QED) is 0.492. The van der Waals surface area contributed by atoms with Crippen LogP contribution in [-0.4, -0.2) is 32.1 Å². The van der Waals surface area contributed by atoms with Crippen LogP contribution >= 0.6 is 0 Å². The Hall–Kier alpha value is -0.740. The molecule has 4 nitrogen and oxygen atoms in total. The van der Waals surface area contributed by atoms with Crippen LogP contribution in [0, 0.1) is 11.8 Å². The predicted molar refractivity (Wildman–Crippen MR) is 54.3 cm³/mol. The van der Waals surface area contributed by atoms with Gasteiger partial charge in [-0.15, -0.1) is 0 Å². The first-order valence-corrected chi connectivity index (χ1v) is 5.24. The van der Waals surface area contributed by atoms with Crippen molar-refractivity contribution in [3.8, 4) is 0 Å². The van der Waals surface area contributed by atoms with Gasteiger partial charge in [-0.2, -0.15) is 0 Å². The number of carbonyl (C=O) groups is 2. The highest BCUT2D eigenvalue weighted by atomic mass is 16.7. The van der Waals surface area contributed by atoms with Gasteiger partial charge in [-0.3, -0.25) is 9.59 Å². The van der Waals surface area contributed by atoms with E-state index in [0.29, 0.717) is 0 Å². The monoisotopic (exact) mass is 214 g/mol. The molecule has 0 aromatic rings. The van der Waals surface area contributed by atoms with E-state index < -0.39 is 12.2 Å². The fourth-order valence-corrected chi connectivity index (χ4v) is 1.72. The van der Waals surface area contributed by atoms with Gasteiger partial charge >= 0.3 is 0 Å². The first-order valence-electron chi connectivity index (χ1n) is 5.24. The Morgan fingerprint density at radius 3 is 2.07 bits per heavy atom. The Labute approximate surface area is 89.9 Å². The molecule has 0 aliphatic heterocycles. The van der Waals surface area contributed by atoms with E-state index in [0.717, 1.165) is 19.3 Å². The number of methoxy groups -OCH3 is 2. The summed E-state index contributed by atoms with van der Waals surface area (Å²) in [6.07, 6.45) is 2.02. The zero-order valence-corrected chi connectivity index (χ0v) is 9.49. The first kappa shape index (κ1) is 12.3. The molecular weight excluding hydrogens is 196 g/mol. The highest BCUT2D eigenvalue weighted by molar-refractivity contribution is 6.04. The summed E-state index contributed by atoms with van der Waals surface area (Å²) in [5, 5.41) is 0. The molecule has 1 aliphatic carbocycles. The van der Waals surface area contributed by atoms with E-state index in [1.165, 1.54) is 14.2 Å². The van der Waals surface area contributed by atoms with Crippen molar-refractivity contribution >= 4 is 11.6 Å². The standard InChI is InChI=1S/C11H18O4/c1-7(9(12)8-5-4-6-8)10(13)11(14-2)15-3/h7-8,11H,4-6H2,1-3H3. The summed E-state index contributed by atoms with van der Waals surface area (Å²) in [5.74, 6) is -0.777. The second-order valence-corrected chi connectivity index (χ2v) is 3.96. The summed E-state index contributed by atoms with van der Waals surface area (Å²) in [4.78, 5) is 23.5. The van der Waals surface area contributed by atoms with Gasteiger partial charge in [0, 0.05) is 20.1 Å². The number of ether oxygens (including phenoxy) is 2. The summed E-state index contributed by atoms with van der Waals surface area (Å²) >= 11 is 0.